The van der Waals surface area contributed by atoms with E-state index in [-0.39, 0.29) is 16.6 Å². The summed E-state index contributed by atoms with van der Waals surface area (Å²) < 4.78 is 4.88. The Morgan fingerprint density at radius 3 is 3.00 bits per heavy atom. The Morgan fingerprint density at radius 1 is 1.79 bits per heavy atom. The first kappa shape index (κ1) is 9.83. The van der Waals surface area contributed by atoms with Crippen LogP contribution in [0.4, 0.5) is 0 Å². The first-order valence-electron chi connectivity index (χ1n) is 4.61. The predicted molar refractivity (Wildman–Crippen MR) is 52.7 cm³/mol. The molecule has 0 bridgehead atoms. The van der Waals surface area contributed by atoms with Crippen LogP contribution in [0, 0.1) is 0 Å². The predicted octanol–water partition coefficient (Wildman–Crippen LogP) is 0.613. The minimum Gasteiger partial charge on any atom is -0.464 e. The lowest BCUT2D eigenvalue weighted by Crippen LogP contribution is -2.48. The Bertz CT molecular complexity index is 294. The summed E-state index contributed by atoms with van der Waals surface area (Å²) in [6.07, 6.45) is 0.639. The van der Waals surface area contributed by atoms with E-state index in [1.165, 1.54) is 6.92 Å². The van der Waals surface area contributed by atoms with Crippen molar-refractivity contribution in [2.75, 3.05) is 13.2 Å². The van der Waals surface area contributed by atoms with E-state index in [2.05, 4.69) is 0 Å². The highest BCUT2D eigenvalue weighted by atomic mass is 32.2. The molecule has 2 heterocycles. The molecule has 0 N–H and O–H groups in total. The van der Waals surface area contributed by atoms with Gasteiger partial charge in [-0.15, -0.1) is 11.8 Å². The van der Waals surface area contributed by atoms with Crippen LogP contribution in [0.3, 0.4) is 0 Å². The van der Waals surface area contributed by atoms with Gasteiger partial charge in [-0.3, -0.25) is 9.59 Å². The zero-order valence-corrected chi connectivity index (χ0v) is 9.10. The molecule has 5 heteroatoms. The Kier molecular flexibility index (Phi) is 2.21. The summed E-state index contributed by atoms with van der Waals surface area (Å²) >= 11 is 1.74. The molecule has 2 rings (SSSR count). The van der Waals surface area contributed by atoms with Crippen molar-refractivity contribution in [2.24, 2.45) is 0 Å². The second-order valence-electron chi connectivity index (χ2n) is 4.03. The van der Waals surface area contributed by atoms with E-state index < -0.39 is 0 Å². The van der Waals surface area contributed by atoms with Crippen molar-refractivity contribution in [3.05, 3.63) is 0 Å². The van der Waals surface area contributed by atoms with E-state index in [1.54, 1.807) is 11.8 Å². The monoisotopic (exact) mass is 215 g/mol. The molecule has 0 spiro atoms. The number of amides is 1. The quantitative estimate of drug-likeness (QED) is 0.500. The third kappa shape index (κ3) is 1.61. The average molecular weight is 215 g/mol. The first-order chi connectivity index (χ1) is 6.50. The van der Waals surface area contributed by atoms with Gasteiger partial charge in [-0.2, -0.15) is 0 Å². The van der Waals surface area contributed by atoms with Crippen LogP contribution in [-0.4, -0.2) is 40.0 Å². The minimum absolute atomic E-state index is 0.109. The molecule has 0 aromatic heterocycles. The van der Waals surface area contributed by atoms with Crippen molar-refractivity contribution in [1.82, 2.24) is 4.90 Å². The van der Waals surface area contributed by atoms with Crippen LogP contribution >= 0.6 is 11.8 Å². The molecular formula is C9H13NO3S. The topological polar surface area (TPSA) is 46.6 Å². The van der Waals surface area contributed by atoms with Crippen LogP contribution in [0.1, 0.15) is 20.3 Å². The summed E-state index contributed by atoms with van der Waals surface area (Å²) in [5.74, 6) is -0.0403. The maximum atomic E-state index is 11.1. The fourth-order valence-electron chi connectivity index (χ4n) is 1.78. The first-order valence-corrected chi connectivity index (χ1v) is 5.49. The molecule has 78 valence electrons. The van der Waals surface area contributed by atoms with Crippen LogP contribution in [0.15, 0.2) is 0 Å². The summed E-state index contributed by atoms with van der Waals surface area (Å²) in [5.41, 5.74) is 0. The highest BCUT2D eigenvalue weighted by Crippen LogP contribution is 2.46. The number of carbonyl (C=O) groups is 2. The molecular weight excluding hydrogens is 202 g/mol. The van der Waals surface area contributed by atoms with Crippen LogP contribution in [0.2, 0.25) is 0 Å². The third-order valence-electron chi connectivity index (χ3n) is 2.52. The summed E-state index contributed by atoms with van der Waals surface area (Å²) in [7, 11) is 0. The van der Waals surface area contributed by atoms with Gasteiger partial charge < -0.3 is 9.64 Å². The van der Waals surface area contributed by atoms with Crippen molar-refractivity contribution < 1.29 is 14.3 Å². The third-order valence-corrected chi connectivity index (χ3v) is 4.03. The van der Waals surface area contributed by atoms with E-state index >= 15 is 0 Å². The number of thioether (sulfide) groups is 1. The van der Waals surface area contributed by atoms with E-state index in [0.29, 0.717) is 24.9 Å². The van der Waals surface area contributed by atoms with Gasteiger partial charge in [-0.1, -0.05) is 0 Å². The molecule has 0 radical (unpaired) electrons. The fraction of sp³-hybridized carbons (Fsp3) is 0.778. The summed E-state index contributed by atoms with van der Waals surface area (Å²) in [4.78, 5) is 23.7. The molecule has 2 aliphatic heterocycles. The number of rotatable bonds is 2. The maximum absolute atomic E-state index is 11.1. The van der Waals surface area contributed by atoms with Gasteiger partial charge in [-0.05, 0) is 6.92 Å². The Morgan fingerprint density at radius 2 is 2.50 bits per heavy atom. The van der Waals surface area contributed by atoms with Crippen LogP contribution in [-0.2, 0) is 14.3 Å². The van der Waals surface area contributed by atoms with Crippen molar-refractivity contribution in [3.63, 3.8) is 0 Å². The minimum atomic E-state index is -0.257. The van der Waals surface area contributed by atoms with Gasteiger partial charge >= 0.3 is 5.97 Å². The van der Waals surface area contributed by atoms with Crippen LogP contribution in [0.5, 0.6) is 0 Å². The molecule has 2 atom stereocenters. The van der Waals surface area contributed by atoms with Gasteiger partial charge in [0.15, 0.2) is 0 Å². The lowest BCUT2D eigenvalue weighted by Gasteiger charge is -2.32. The summed E-state index contributed by atoms with van der Waals surface area (Å²) in [6.45, 7) is 4.54. The molecule has 0 unspecified atom stereocenters. The number of nitrogens with zero attached hydrogens (tertiary/aromatic N) is 1. The van der Waals surface area contributed by atoms with Crippen molar-refractivity contribution in [1.29, 1.82) is 0 Å². The molecule has 14 heavy (non-hydrogen) atoms. The number of hydrogen-bond donors (Lipinski definition) is 0. The maximum Gasteiger partial charge on any atom is 0.302 e. The van der Waals surface area contributed by atoms with E-state index in [1.807, 2.05) is 11.8 Å². The Balaban J connectivity index is 1.92. The lowest BCUT2D eigenvalue weighted by molar-refractivity contribution is -0.142. The second-order valence-corrected chi connectivity index (χ2v) is 5.79. The number of ether oxygens (including phenoxy) is 1. The van der Waals surface area contributed by atoms with Gasteiger partial charge in [0.2, 0.25) is 5.91 Å². The average Bonchev–Trinajstić information content (AvgIpc) is 2.37. The molecule has 2 saturated heterocycles. The second kappa shape index (κ2) is 3.15. The van der Waals surface area contributed by atoms with Gasteiger partial charge in [0, 0.05) is 13.5 Å². The molecule has 0 saturated carbocycles. The van der Waals surface area contributed by atoms with Crippen molar-refractivity contribution >= 4 is 23.6 Å². The number of carbonyl (C=O) groups excluding carboxylic acids is 2. The highest BCUT2D eigenvalue weighted by Gasteiger charge is 2.50. The van der Waals surface area contributed by atoms with Crippen molar-refractivity contribution in [3.8, 4) is 0 Å². The van der Waals surface area contributed by atoms with E-state index in [0.717, 1.165) is 0 Å². The summed E-state index contributed by atoms with van der Waals surface area (Å²) in [6, 6.07) is 0. The molecule has 2 fully saturated rings. The SMILES string of the molecule is CC(=O)OC[C@@]1(C)CN2C(=O)C[C@@H]2S1. The normalized spacial score (nSPS) is 35.1. The number of β-lactam (4-membered cyclic amide) rings is 1. The fourth-order valence-corrected chi connectivity index (χ4v) is 3.32. The van der Waals surface area contributed by atoms with Crippen LogP contribution < -0.4 is 0 Å². The number of esters is 1. The van der Waals surface area contributed by atoms with E-state index in [4.69, 9.17) is 4.74 Å². The summed E-state index contributed by atoms with van der Waals surface area (Å²) in [5, 5.41) is 0.322. The van der Waals surface area contributed by atoms with Gasteiger partial charge in [0.05, 0.1) is 16.5 Å². The zero-order valence-electron chi connectivity index (χ0n) is 8.28. The zero-order chi connectivity index (χ0) is 10.3. The number of fused-ring (bicyclic) bond motifs is 1. The molecule has 0 aromatic carbocycles. The molecule has 4 nitrogen and oxygen atoms in total. The Hall–Kier alpha value is -0.710. The molecule has 0 aliphatic carbocycles. The largest absolute Gasteiger partial charge is 0.464 e. The van der Waals surface area contributed by atoms with Gasteiger partial charge in [-0.25, -0.2) is 0 Å². The standard InChI is InChI=1S/C9H13NO3S/c1-6(11)13-5-9(2)4-10-7(12)3-8(10)14-9/h8H,3-5H2,1-2H3/t8-,9+/m0/s1. The van der Waals surface area contributed by atoms with Crippen molar-refractivity contribution in [2.45, 2.75) is 30.4 Å². The highest BCUT2D eigenvalue weighted by molar-refractivity contribution is 8.01. The smallest absolute Gasteiger partial charge is 0.302 e. The van der Waals surface area contributed by atoms with Gasteiger partial charge in [0.25, 0.3) is 0 Å². The van der Waals surface area contributed by atoms with Gasteiger partial charge in [0.1, 0.15) is 6.61 Å². The van der Waals surface area contributed by atoms with Crippen LogP contribution in [0.25, 0.3) is 0 Å². The molecule has 1 amide bonds. The van der Waals surface area contributed by atoms with E-state index in [9.17, 15) is 9.59 Å². The molecule has 0 aromatic rings. The molecule has 2 aliphatic rings. The lowest BCUT2D eigenvalue weighted by atomic mass is 10.1. The Labute approximate surface area is 87.0 Å². The number of hydrogen-bond acceptors (Lipinski definition) is 4.